The smallest absolute Gasteiger partial charge is 0.255 e. The first kappa shape index (κ1) is 13.9. The molecule has 104 valence electrons. The predicted octanol–water partition coefficient (Wildman–Crippen LogP) is 3.15. The zero-order valence-corrected chi connectivity index (χ0v) is 11.9. The molecule has 0 fully saturated rings. The van der Waals surface area contributed by atoms with Gasteiger partial charge >= 0.3 is 0 Å². The number of carbonyl (C=O) groups excluding carboxylic acids is 1. The summed E-state index contributed by atoms with van der Waals surface area (Å²) in [5.74, 6) is 0.398. The van der Waals surface area contributed by atoms with Gasteiger partial charge in [0, 0.05) is 17.3 Å². The quantitative estimate of drug-likeness (QED) is 0.842. The maximum atomic E-state index is 12.2. The summed E-state index contributed by atoms with van der Waals surface area (Å²) in [7, 11) is 1.55. The molecule has 0 unspecified atom stereocenters. The minimum absolute atomic E-state index is 0.153. The number of rotatable bonds is 3. The van der Waals surface area contributed by atoms with Crippen molar-refractivity contribution in [1.29, 1.82) is 0 Å². The number of hydrogen-bond donors (Lipinski definition) is 2. The Balaban J connectivity index is 2.25. The molecule has 0 atom stereocenters. The van der Waals surface area contributed by atoms with E-state index in [1.54, 1.807) is 31.4 Å². The van der Waals surface area contributed by atoms with E-state index in [2.05, 4.69) is 5.32 Å². The van der Waals surface area contributed by atoms with Gasteiger partial charge in [0.1, 0.15) is 5.75 Å². The van der Waals surface area contributed by atoms with Gasteiger partial charge in [-0.1, -0.05) is 17.7 Å². The lowest BCUT2D eigenvalue weighted by Crippen LogP contribution is -2.13. The third kappa shape index (κ3) is 2.91. The zero-order valence-electron chi connectivity index (χ0n) is 11.9. The zero-order chi connectivity index (χ0) is 14.7. The van der Waals surface area contributed by atoms with Crippen molar-refractivity contribution < 1.29 is 9.53 Å². The van der Waals surface area contributed by atoms with Gasteiger partial charge in [0.15, 0.2) is 0 Å². The van der Waals surface area contributed by atoms with E-state index in [4.69, 9.17) is 10.5 Å². The number of nitrogen functional groups attached to an aromatic ring is 1. The standard InChI is InChI=1S/C16H18N2O2/c1-10-4-6-12(7-5-10)16(19)18-14-9-15(20-3)13(17)8-11(14)2/h4-9H,17H2,1-3H3,(H,18,19). The number of methoxy groups -OCH3 is 1. The minimum Gasteiger partial charge on any atom is -0.495 e. The van der Waals surface area contributed by atoms with E-state index in [9.17, 15) is 4.79 Å². The number of carbonyl (C=O) groups is 1. The number of nitrogens with two attached hydrogens (primary N) is 1. The van der Waals surface area contributed by atoms with Gasteiger partial charge in [-0.2, -0.15) is 0 Å². The van der Waals surface area contributed by atoms with E-state index >= 15 is 0 Å². The Bertz CT molecular complexity index is 634. The SMILES string of the molecule is COc1cc(NC(=O)c2ccc(C)cc2)c(C)cc1N. The van der Waals surface area contributed by atoms with Crippen LogP contribution in [0.5, 0.6) is 5.75 Å². The van der Waals surface area contributed by atoms with Crippen molar-refractivity contribution in [3.63, 3.8) is 0 Å². The van der Waals surface area contributed by atoms with Gasteiger partial charge in [-0.05, 0) is 37.6 Å². The highest BCUT2D eigenvalue weighted by atomic mass is 16.5. The van der Waals surface area contributed by atoms with Crippen LogP contribution in [0.4, 0.5) is 11.4 Å². The summed E-state index contributed by atoms with van der Waals surface area (Å²) >= 11 is 0. The molecular weight excluding hydrogens is 252 g/mol. The fourth-order valence-electron chi connectivity index (χ4n) is 1.92. The molecule has 0 heterocycles. The van der Waals surface area contributed by atoms with Crippen molar-refractivity contribution in [3.05, 3.63) is 53.1 Å². The van der Waals surface area contributed by atoms with Crippen molar-refractivity contribution in [2.45, 2.75) is 13.8 Å². The summed E-state index contributed by atoms with van der Waals surface area (Å²) in [6.45, 7) is 3.87. The fourth-order valence-corrected chi connectivity index (χ4v) is 1.92. The van der Waals surface area contributed by atoms with Crippen LogP contribution in [0.3, 0.4) is 0 Å². The maximum absolute atomic E-state index is 12.2. The molecule has 0 aliphatic carbocycles. The van der Waals surface area contributed by atoms with Crippen LogP contribution in [0.1, 0.15) is 21.5 Å². The van der Waals surface area contributed by atoms with Gasteiger partial charge in [-0.15, -0.1) is 0 Å². The van der Waals surface area contributed by atoms with Crippen LogP contribution in [0, 0.1) is 13.8 Å². The van der Waals surface area contributed by atoms with E-state index in [0.717, 1.165) is 11.1 Å². The molecule has 0 spiro atoms. The van der Waals surface area contributed by atoms with E-state index < -0.39 is 0 Å². The Labute approximate surface area is 118 Å². The minimum atomic E-state index is -0.153. The summed E-state index contributed by atoms with van der Waals surface area (Å²) in [5.41, 5.74) is 9.70. The Hall–Kier alpha value is -2.49. The van der Waals surface area contributed by atoms with Crippen molar-refractivity contribution in [1.82, 2.24) is 0 Å². The molecule has 0 saturated carbocycles. The highest BCUT2D eigenvalue weighted by Crippen LogP contribution is 2.29. The first-order valence-corrected chi connectivity index (χ1v) is 6.33. The fraction of sp³-hybridized carbons (Fsp3) is 0.188. The van der Waals surface area contributed by atoms with Gasteiger partial charge in [0.05, 0.1) is 12.8 Å². The monoisotopic (exact) mass is 270 g/mol. The van der Waals surface area contributed by atoms with Crippen molar-refractivity contribution in [2.24, 2.45) is 0 Å². The Morgan fingerprint density at radius 1 is 1.15 bits per heavy atom. The van der Waals surface area contributed by atoms with Crippen molar-refractivity contribution in [3.8, 4) is 5.75 Å². The molecule has 0 saturated heterocycles. The first-order chi connectivity index (χ1) is 9.51. The van der Waals surface area contributed by atoms with Gasteiger partial charge < -0.3 is 15.8 Å². The number of anilines is 2. The Morgan fingerprint density at radius 2 is 1.80 bits per heavy atom. The maximum Gasteiger partial charge on any atom is 0.255 e. The van der Waals surface area contributed by atoms with E-state index in [0.29, 0.717) is 22.7 Å². The van der Waals surface area contributed by atoms with Gasteiger partial charge in [-0.25, -0.2) is 0 Å². The second-order valence-electron chi connectivity index (χ2n) is 4.73. The highest BCUT2D eigenvalue weighted by Gasteiger charge is 2.10. The van der Waals surface area contributed by atoms with Gasteiger partial charge in [0.2, 0.25) is 0 Å². The van der Waals surface area contributed by atoms with Crippen LogP contribution in [0.2, 0.25) is 0 Å². The van der Waals surface area contributed by atoms with Gasteiger partial charge in [0.25, 0.3) is 5.91 Å². The van der Waals surface area contributed by atoms with E-state index in [1.165, 1.54) is 0 Å². The number of ether oxygens (including phenoxy) is 1. The number of benzene rings is 2. The predicted molar refractivity (Wildman–Crippen MR) is 81.3 cm³/mol. The molecule has 0 aliphatic rings. The summed E-state index contributed by atoms with van der Waals surface area (Å²) in [6, 6.07) is 10.9. The normalized spacial score (nSPS) is 10.2. The average Bonchev–Trinajstić information content (AvgIpc) is 2.42. The van der Waals surface area contributed by atoms with Crippen LogP contribution in [-0.2, 0) is 0 Å². The van der Waals surface area contributed by atoms with E-state index in [1.807, 2.05) is 26.0 Å². The lowest BCUT2D eigenvalue weighted by molar-refractivity contribution is 0.102. The summed E-state index contributed by atoms with van der Waals surface area (Å²) in [4.78, 5) is 12.2. The molecule has 0 radical (unpaired) electrons. The molecule has 4 nitrogen and oxygen atoms in total. The van der Waals surface area contributed by atoms with Crippen LogP contribution in [0.25, 0.3) is 0 Å². The largest absolute Gasteiger partial charge is 0.495 e. The lowest BCUT2D eigenvalue weighted by Gasteiger charge is -2.12. The molecule has 2 aromatic carbocycles. The first-order valence-electron chi connectivity index (χ1n) is 6.33. The van der Waals surface area contributed by atoms with E-state index in [-0.39, 0.29) is 5.91 Å². The lowest BCUT2D eigenvalue weighted by atomic mass is 10.1. The number of hydrogen-bond acceptors (Lipinski definition) is 3. The molecule has 3 N–H and O–H groups in total. The van der Waals surface area contributed by atoms with Gasteiger partial charge in [-0.3, -0.25) is 4.79 Å². The topological polar surface area (TPSA) is 64.3 Å². The van der Waals surface area contributed by atoms with Crippen molar-refractivity contribution >= 4 is 17.3 Å². The molecule has 2 aromatic rings. The number of nitrogens with one attached hydrogen (secondary N) is 1. The number of aryl methyl sites for hydroxylation is 2. The van der Waals surface area contributed by atoms with Crippen LogP contribution < -0.4 is 15.8 Å². The molecule has 1 amide bonds. The number of amides is 1. The third-order valence-corrected chi connectivity index (χ3v) is 3.14. The van der Waals surface area contributed by atoms with Crippen molar-refractivity contribution in [2.75, 3.05) is 18.2 Å². The molecule has 0 bridgehead atoms. The second kappa shape index (κ2) is 5.65. The molecule has 0 aromatic heterocycles. The average molecular weight is 270 g/mol. The second-order valence-corrected chi connectivity index (χ2v) is 4.73. The van der Waals surface area contributed by atoms with Crippen LogP contribution >= 0.6 is 0 Å². The molecular formula is C16H18N2O2. The molecule has 0 aliphatic heterocycles. The summed E-state index contributed by atoms with van der Waals surface area (Å²) < 4.78 is 5.17. The molecule has 20 heavy (non-hydrogen) atoms. The van der Waals surface area contributed by atoms with Crippen LogP contribution in [-0.4, -0.2) is 13.0 Å². The summed E-state index contributed by atoms with van der Waals surface area (Å²) in [6.07, 6.45) is 0. The third-order valence-electron chi connectivity index (χ3n) is 3.14. The Morgan fingerprint density at radius 3 is 2.40 bits per heavy atom. The Kier molecular flexibility index (Phi) is 3.94. The molecule has 4 heteroatoms. The molecule has 2 rings (SSSR count). The van der Waals surface area contributed by atoms with Crippen LogP contribution in [0.15, 0.2) is 36.4 Å². The highest BCUT2D eigenvalue weighted by molar-refractivity contribution is 6.04. The summed E-state index contributed by atoms with van der Waals surface area (Å²) in [5, 5.41) is 2.87.